The van der Waals surface area contributed by atoms with E-state index in [1.807, 2.05) is 0 Å². The molecule has 17 nitrogen and oxygen atoms in total. The number of azo groups is 2. The molecule has 5 N–H and O–H groups in total. The summed E-state index contributed by atoms with van der Waals surface area (Å²) in [5.41, 5.74) is 1.77. The van der Waals surface area contributed by atoms with Gasteiger partial charge in [-0.05, 0) is 60.7 Å². The number of nitrogens with one attached hydrogen (secondary N) is 3. The van der Waals surface area contributed by atoms with Crippen molar-refractivity contribution >= 4 is 58.5 Å². The number of amides is 3. The van der Waals surface area contributed by atoms with Crippen molar-refractivity contribution in [1.82, 2.24) is 10.6 Å². The van der Waals surface area contributed by atoms with Crippen LogP contribution < -0.4 is 20.7 Å². The fourth-order valence-corrected chi connectivity index (χ4v) is 3.78. The standard InChI is InChI=1S/C26H21N9O8S/c27-14-28-26-30-24(38)22(25(39)31-26)35-33-16-3-1-15(2-4-16)23(37)29-20-10-7-18(13-21(20)41-12-11-36)34-32-17-5-8-19(9-6-17)44-43-42-40/h1-10,13,22,36,40H,11-12H2,(H,29,37)(H2,28,30,31,38,39). The summed E-state index contributed by atoms with van der Waals surface area (Å²) < 4.78 is 9.95. The zero-order valence-electron chi connectivity index (χ0n) is 22.3. The molecule has 0 aliphatic carbocycles. The summed E-state index contributed by atoms with van der Waals surface area (Å²) in [7, 11) is 0. The average Bonchev–Trinajstić information content (AvgIpc) is 3.03. The van der Waals surface area contributed by atoms with Gasteiger partial charge in [-0.2, -0.15) is 25.7 Å². The van der Waals surface area contributed by atoms with Gasteiger partial charge in [-0.3, -0.25) is 25.0 Å². The Balaban J connectivity index is 1.41. The minimum atomic E-state index is -1.48. The Morgan fingerprint density at radius 2 is 1.59 bits per heavy atom. The van der Waals surface area contributed by atoms with Gasteiger partial charge in [0.15, 0.2) is 0 Å². The van der Waals surface area contributed by atoms with Crippen molar-refractivity contribution in [2.45, 2.75) is 10.9 Å². The second-order valence-electron chi connectivity index (χ2n) is 8.33. The summed E-state index contributed by atoms with van der Waals surface area (Å²) in [4.78, 5) is 41.0. The molecule has 1 fully saturated rings. The number of nitriles is 1. The van der Waals surface area contributed by atoms with Crippen LogP contribution in [0.2, 0.25) is 0 Å². The highest BCUT2D eigenvalue weighted by Gasteiger charge is 2.33. The summed E-state index contributed by atoms with van der Waals surface area (Å²) in [5.74, 6) is -2.14. The van der Waals surface area contributed by atoms with Crippen molar-refractivity contribution in [1.29, 1.82) is 5.26 Å². The fourth-order valence-electron chi connectivity index (χ4n) is 3.42. The number of hydrogen-bond donors (Lipinski definition) is 5. The van der Waals surface area contributed by atoms with E-state index in [0.717, 1.165) is 12.0 Å². The van der Waals surface area contributed by atoms with Crippen LogP contribution in [0.3, 0.4) is 0 Å². The van der Waals surface area contributed by atoms with Crippen molar-refractivity contribution < 1.29 is 38.9 Å². The van der Waals surface area contributed by atoms with Gasteiger partial charge >= 0.3 is 0 Å². The van der Waals surface area contributed by atoms with Crippen LogP contribution in [0.15, 0.2) is 97.1 Å². The second-order valence-corrected chi connectivity index (χ2v) is 9.10. The van der Waals surface area contributed by atoms with E-state index < -0.39 is 23.8 Å². The second kappa shape index (κ2) is 15.6. The Bertz CT molecular complexity index is 1620. The predicted molar refractivity (Wildman–Crippen MR) is 152 cm³/mol. The summed E-state index contributed by atoms with van der Waals surface area (Å²) >= 11 is 0.805. The van der Waals surface area contributed by atoms with E-state index in [1.54, 1.807) is 42.5 Å². The van der Waals surface area contributed by atoms with Crippen molar-refractivity contribution in [3.05, 3.63) is 72.3 Å². The Hall–Kier alpha value is -5.58. The van der Waals surface area contributed by atoms with Crippen molar-refractivity contribution in [3.8, 4) is 11.9 Å². The third-order valence-corrected chi connectivity index (χ3v) is 5.99. The zero-order valence-corrected chi connectivity index (χ0v) is 23.1. The molecule has 0 unspecified atom stereocenters. The van der Waals surface area contributed by atoms with Gasteiger partial charge in [0.2, 0.25) is 18.2 Å². The Labute approximate surface area is 252 Å². The van der Waals surface area contributed by atoms with Crippen molar-refractivity contribution in [2.24, 2.45) is 25.4 Å². The number of aliphatic imine (C=N–C) groups is 1. The summed E-state index contributed by atoms with van der Waals surface area (Å²) in [5, 5.41) is 52.7. The lowest BCUT2D eigenvalue weighted by Gasteiger charge is -2.18. The third kappa shape index (κ3) is 8.71. The number of nitrogens with zero attached hydrogens (tertiary/aromatic N) is 6. The largest absolute Gasteiger partial charge is 0.489 e. The van der Waals surface area contributed by atoms with Gasteiger partial charge in [-0.15, -0.1) is 9.33 Å². The first kappa shape index (κ1) is 31.4. The number of aliphatic hydroxyl groups is 1. The van der Waals surface area contributed by atoms with Gasteiger partial charge in [-0.1, -0.05) is 5.04 Å². The van der Waals surface area contributed by atoms with Gasteiger partial charge in [0.05, 0.1) is 41.4 Å². The first-order valence-corrected chi connectivity index (χ1v) is 13.1. The van der Waals surface area contributed by atoms with Crippen molar-refractivity contribution in [2.75, 3.05) is 18.5 Å². The molecule has 1 aliphatic heterocycles. The molecular weight excluding hydrogens is 598 g/mol. The van der Waals surface area contributed by atoms with Crippen LogP contribution in [0.1, 0.15) is 10.4 Å². The number of guanidine groups is 1. The quantitative estimate of drug-likeness (QED) is 0.0491. The number of carbonyl (C=O) groups excluding carboxylic acids is 3. The maximum Gasteiger partial charge on any atom is 0.263 e. The summed E-state index contributed by atoms with van der Waals surface area (Å²) in [6.07, 6.45) is 1.45. The number of hydrogen-bond acceptors (Lipinski definition) is 15. The Morgan fingerprint density at radius 1 is 0.955 bits per heavy atom. The molecular formula is C26H21N9O8S. The number of anilines is 1. The van der Waals surface area contributed by atoms with E-state index in [-0.39, 0.29) is 36.2 Å². The highest BCUT2D eigenvalue weighted by molar-refractivity contribution is 7.94. The Kier molecular flexibility index (Phi) is 11.1. The molecule has 4 rings (SSSR count). The van der Waals surface area contributed by atoms with Gasteiger partial charge in [0, 0.05) is 16.5 Å². The smallest absolute Gasteiger partial charge is 0.263 e. The molecule has 0 aromatic heterocycles. The van der Waals surface area contributed by atoms with E-state index in [2.05, 4.69) is 50.8 Å². The average molecular weight is 620 g/mol. The molecule has 0 atom stereocenters. The highest BCUT2D eigenvalue weighted by Crippen LogP contribution is 2.32. The number of ether oxygens (including phenoxy) is 1. The number of rotatable bonds is 12. The number of carbonyl (C=O) groups is 3. The molecule has 0 saturated carbocycles. The van der Waals surface area contributed by atoms with Crippen LogP contribution >= 0.6 is 12.0 Å². The molecule has 1 saturated heterocycles. The molecule has 1 aliphatic rings. The maximum atomic E-state index is 12.9. The van der Waals surface area contributed by atoms with Crippen LogP contribution in [0.25, 0.3) is 0 Å². The van der Waals surface area contributed by atoms with Crippen LogP contribution in [-0.4, -0.2) is 53.3 Å². The number of benzene rings is 3. The normalized spacial score (nSPS) is 14.7. The summed E-state index contributed by atoms with van der Waals surface area (Å²) in [6.45, 7) is -0.297. The molecule has 224 valence electrons. The first-order chi connectivity index (χ1) is 21.4. The SMILES string of the molecule is N#CN=C1NC(=O)C(N=Nc2ccc(C(=O)Nc3ccc(N=Nc4ccc(SOOO)cc4)cc3OCCO)cc2)C(=O)N1. The first-order valence-electron chi connectivity index (χ1n) is 12.3. The molecule has 18 heteroatoms. The van der Waals surface area contributed by atoms with Gasteiger partial charge < -0.3 is 15.2 Å². The molecule has 3 aromatic rings. The van der Waals surface area contributed by atoms with Crippen LogP contribution in [-0.2, 0) is 19.0 Å². The van der Waals surface area contributed by atoms with E-state index >= 15 is 0 Å². The van der Waals surface area contributed by atoms with Crippen molar-refractivity contribution in [3.63, 3.8) is 0 Å². The summed E-state index contributed by atoms with van der Waals surface area (Å²) in [6, 6.07) is 15.8. The molecule has 3 amide bonds. The molecule has 44 heavy (non-hydrogen) atoms. The number of aliphatic hydroxyl groups excluding tert-OH is 1. The topological polar surface area (TPSA) is 241 Å². The van der Waals surface area contributed by atoms with Gasteiger partial charge in [0.25, 0.3) is 17.7 Å². The molecule has 1 heterocycles. The highest BCUT2D eigenvalue weighted by atomic mass is 32.2. The lowest BCUT2D eigenvalue weighted by atomic mass is 10.2. The third-order valence-electron chi connectivity index (χ3n) is 5.40. The van der Waals surface area contributed by atoms with E-state index in [1.165, 1.54) is 30.5 Å². The Morgan fingerprint density at radius 3 is 2.25 bits per heavy atom. The lowest BCUT2D eigenvalue weighted by molar-refractivity contribution is -0.432. The fraction of sp³-hybridized carbons (Fsp3) is 0.115. The van der Waals surface area contributed by atoms with Crippen LogP contribution in [0.4, 0.5) is 22.7 Å². The lowest BCUT2D eigenvalue weighted by Crippen LogP contribution is -2.58. The van der Waals surface area contributed by atoms with Gasteiger partial charge in [0.1, 0.15) is 12.4 Å². The van der Waals surface area contributed by atoms with Crippen LogP contribution in [0, 0.1) is 11.5 Å². The van der Waals surface area contributed by atoms with E-state index in [9.17, 15) is 19.5 Å². The minimum absolute atomic E-state index is 0.0363. The van der Waals surface area contributed by atoms with Crippen LogP contribution in [0.5, 0.6) is 5.75 Å². The molecule has 0 spiro atoms. The predicted octanol–water partition coefficient (Wildman–Crippen LogP) is 3.69. The monoisotopic (exact) mass is 619 g/mol. The molecule has 0 radical (unpaired) electrons. The minimum Gasteiger partial charge on any atom is -0.489 e. The zero-order chi connectivity index (χ0) is 31.3. The maximum absolute atomic E-state index is 12.9. The van der Waals surface area contributed by atoms with Gasteiger partial charge in [-0.25, -0.2) is 5.26 Å². The molecule has 3 aromatic carbocycles. The van der Waals surface area contributed by atoms with E-state index in [0.29, 0.717) is 22.0 Å². The molecule has 0 bridgehead atoms. The van der Waals surface area contributed by atoms with E-state index in [4.69, 9.17) is 15.3 Å².